The lowest BCUT2D eigenvalue weighted by Crippen LogP contribution is -2.49. The highest BCUT2D eigenvalue weighted by Gasteiger charge is 2.53. The van der Waals surface area contributed by atoms with Gasteiger partial charge in [0.15, 0.2) is 0 Å². The fraction of sp³-hybridized carbons (Fsp3) is 0.857. The highest BCUT2D eigenvalue weighted by Crippen LogP contribution is 2.46. The summed E-state index contributed by atoms with van der Waals surface area (Å²) in [6.07, 6.45) is 5.21. The molecule has 11 heteroatoms. The van der Waals surface area contributed by atoms with Crippen molar-refractivity contribution in [2.24, 2.45) is 5.92 Å². The van der Waals surface area contributed by atoms with Crippen molar-refractivity contribution in [2.45, 2.75) is 63.3 Å². The zero-order chi connectivity index (χ0) is 24.4. The number of esters is 1. The molecule has 0 spiro atoms. The van der Waals surface area contributed by atoms with Gasteiger partial charge in [0.25, 0.3) is 0 Å². The molecule has 1 aliphatic heterocycles. The van der Waals surface area contributed by atoms with Crippen molar-refractivity contribution in [1.29, 1.82) is 0 Å². The summed E-state index contributed by atoms with van der Waals surface area (Å²) < 4.78 is 42.9. The molecule has 9 nitrogen and oxygen atoms in total. The van der Waals surface area contributed by atoms with E-state index >= 15 is 0 Å². The zero-order valence-corrected chi connectivity index (χ0v) is 22.9. The lowest BCUT2D eigenvalue weighted by atomic mass is 9.87. The Morgan fingerprint density at radius 1 is 0.969 bits per heavy atom. The first-order valence-electron chi connectivity index (χ1n) is 11.0. The standard InChI is InChI=1S/C11H22O4Si.C10H20O5Si/c1-8(16(12-2,13-3)14-4)9-5-6-10-11(7-9)15-10;1-9(2)10(11)15-7-6-8-16(12-3,13-4)14-5/h8-11H,5-7H2,1-4H3;1,6-8H2,2-5H3. The quantitative estimate of drug-likeness (QED) is 0.126. The highest BCUT2D eigenvalue weighted by molar-refractivity contribution is 6.62. The van der Waals surface area contributed by atoms with E-state index in [4.69, 9.17) is 36.0 Å². The second kappa shape index (κ2) is 13.9. The molecule has 32 heavy (non-hydrogen) atoms. The first kappa shape index (κ1) is 29.4. The molecule has 0 aromatic carbocycles. The number of hydrogen-bond donors (Lipinski definition) is 0. The van der Waals surface area contributed by atoms with Crippen LogP contribution in [0, 0.1) is 5.92 Å². The molecule has 0 bridgehead atoms. The van der Waals surface area contributed by atoms with Crippen molar-refractivity contribution >= 4 is 23.6 Å². The summed E-state index contributed by atoms with van der Waals surface area (Å²) in [6.45, 7) is 7.61. The van der Waals surface area contributed by atoms with Crippen LogP contribution >= 0.6 is 0 Å². The Kier molecular flexibility index (Phi) is 12.8. The first-order chi connectivity index (χ1) is 15.2. The molecular weight excluding hydrogens is 452 g/mol. The molecule has 1 saturated carbocycles. The molecule has 1 heterocycles. The van der Waals surface area contributed by atoms with Crippen molar-refractivity contribution in [3.63, 3.8) is 0 Å². The molecule has 0 aromatic rings. The normalized spacial score (nSPS) is 23.4. The maximum atomic E-state index is 11.1. The van der Waals surface area contributed by atoms with Gasteiger partial charge >= 0.3 is 23.6 Å². The minimum absolute atomic E-state index is 0.316. The Labute approximate surface area is 195 Å². The van der Waals surface area contributed by atoms with E-state index in [1.807, 2.05) is 0 Å². The zero-order valence-electron chi connectivity index (χ0n) is 20.9. The molecule has 2 aliphatic rings. The lowest BCUT2D eigenvalue weighted by Gasteiger charge is -2.35. The molecule has 1 aliphatic carbocycles. The SMILES string of the molecule is C=C(C)C(=O)OCCC[Si](OC)(OC)OC.CO[Si](OC)(OC)C(C)C1CCC2OC2C1. The predicted octanol–water partition coefficient (Wildman–Crippen LogP) is 3.20. The smallest absolute Gasteiger partial charge is 0.462 e. The van der Waals surface area contributed by atoms with Crippen LogP contribution < -0.4 is 0 Å². The molecule has 0 radical (unpaired) electrons. The van der Waals surface area contributed by atoms with Gasteiger partial charge in [0.05, 0.1) is 18.8 Å². The van der Waals surface area contributed by atoms with Crippen LogP contribution in [-0.4, -0.2) is 85.1 Å². The van der Waals surface area contributed by atoms with Gasteiger partial charge in [0.1, 0.15) is 0 Å². The average Bonchev–Trinajstić information content (AvgIpc) is 3.60. The Bertz CT molecular complexity index is 565. The summed E-state index contributed by atoms with van der Waals surface area (Å²) in [7, 11) is 4.73. The highest BCUT2D eigenvalue weighted by atomic mass is 28.4. The van der Waals surface area contributed by atoms with E-state index in [1.54, 1.807) is 49.6 Å². The van der Waals surface area contributed by atoms with Gasteiger partial charge in [-0.2, -0.15) is 0 Å². The monoisotopic (exact) mass is 494 g/mol. The molecular formula is C21H42O9Si2. The molecule has 2 rings (SSSR count). The number of hydrogen-bond acceptors (Lipinski definition) is 9. The maximum absolute atomic E-state index is 11.1. The van der Waals surface area contributed by atoms with Gasteiger partial charge in [-0.1, -0.05) is 13.5 Å². The van der Waals surface area contributed by atoms with Crippen LogP contribution in [0.1, 0.15) is 39.5 Å². The topological polar surface area (TPSA) is 94.2 Å². The summed E-state index contributed by atoms with van der Waals surface area (Å²) in [5.74, 6) is 0.231. The predicted molar refractivity (Wildman–Crippen MR) is 124 cm³/mol. The van der Waals surface area contributed by atoms with E-state index in [0.29, 0.717) is 48.3 Å². The van der Waals surface area contributed by atoms with Gasteiger partial charge in [-0.3, -0.25) is 0 Å². The van der Waals surface area contributed by atoms with Crippen LogP contribution in [0.2, 0.25) is 11.6 Å². The number of rotatable bonds is 13. The average molecular weight is 495 g/mol. The third kappa shape index (κ3) is 7.99. The number of epoxide rings is 1. The summed E-state index contributed by atoms with van der Waals surface area (Å²) >= 11 is 0. The summed E-state index contributed by atoms with van der Waals surface area (Å²) in [5, 5.41) is 0. The summed E-state index contributed by atoms with van der Waals surface area (Å²) in [4.78, 5) is 11.1. The Hall–Kier alpha value is -0.636. The summed E-state index contributed by atoms with van der Waals surface area (Å²) in [6, 6.07) is 0.611. The van der Waals surface area contributed by atoms with Gasteiger partial charge in [0.2, 0.25) is 0 Å². The van der Waals surface area contributed by atoms with Gasteiger partial charge in [-0.25, -0.2) is 4.79 Å². The third-order valence-corrected chi connectivity index (χ3v) is 12.4. The van der Waals surface area contributed by atoms with Crippen LogP contribution in [0.4, 0.5) is 0 Å². The van der Waals surface area contributed by atoms with Crippen LogP contribution in [0.25, 0.3) is 0 Å². The fourth-order valence-electron chi connectivity index (χ4n) is 4.12. The number of carbonyl (C=O) groups excluding carboxylic acids is 1. The Balaban J connectivity index is 0.000000320. The molecule has 188 valence electrons. The second-order valence-electron chi connectivity index (χ2n) is 8.11. The lowest BCUT2D eigenvalue weighted by molar-refractivity contribution is -0.139. The second-order valence-corrected chi connectivity index (χ2v) is 14.5. The van der Waals surface area contributed by atoms with Gasteiger partial charge in [-0.15, -0.1) is 0 Å². The van der Waals surface area contributed by atoms with Crippen LogP contribution in [0.3, 0.4) is 0 Å². The van der Waals surface area contributed by atoms with Gasteiger partial charge < -0.3 is 36.0 Å². The minimum Gasteiger partial charge on any atom is -0.462 e. The Morgan fingerprint density at radius 2 is 1.53 bits per heavy atom. The van der Waals surface area contributed by atoms with Gasteiger partial charge in [0, 0.05) is 59.8 Å². The first-order valence-corrected chi connectivity index (χ1v) is 14.7. The third-order valence-electron chi connectivity index (χ3n) is 6.30. The van der Waals surface area contributed by atoms with Crippen LogP contribution in [0.15, 0.2) is 12.2 Å². The molecule has 4 unspecified atom stereocenters. The van der Waals surface area contributed by atoms with E-state index in [0.717, 1.165) is 6.42 Å². The van der Waals surface area contributed by atoms with E-state index in [1.165, 1.54) is 12.8 Å². The van der Waals surface area contributed by atoms with Crippen LogP contribution in [-0.2, 0) is 40.8 Å². The molecule has 2 fully saturated rings. The van der Waals surface area contributed by atoms with Crippen molar-refractivity contribution in [3.8, 4) is 0 Å². The molecule has 0 aromatic heterocycles. The molecule has 1 saturated heterocycles. The fourth-order valence-corrected chi connectivity index (χ4v) is 8.30. The molecule has 0 amide bonds. The largest absolute Gasteiger partial charge is 0.503 e. The molecule has 0 N–H and O–H groups in total. The maximum Gasteiger partial charge on any atom is 0.503 e. The van der Waals surface area contributed by atoms with Gasteiger partial charge in [-0.05, 0) is 38.5 Å². The van der Waals surface area contributed by atoms with Crippen molar-refractivity contribution in [1.82, 2.24) is 0 Å². The van der Waals surface area contributed by atoms with Crippen molar-refractivity contribution < 1.29 is 40.8 Å². The van der Waals surface area contributed by atoms with E-state index in [2.05, 4.69) is 13.5 Å². The van der Waals surface area contributed by atoms with Crippen molar-refractivity contribution in [3.05, 3.63) is 12.2 Å². The molecule has 4 atom stereocenters. The van der Waals surface area contributed by atoms with E-state index in [9.17, 15) is 4.79 Å². The number of carbonyl (C=O) groups is 1. The van der Waals surface area contributed by atoms with Crippen molar-refractivity contribution in [2.75, 3.05) is 49.3 Å². The van der Waals surface area contributed by atoms with Crippen LogP contribution in [0.5, 0.6) is 0 Å². The van der Waals surface area contributed by atoms with E-state index in [-0.39, 0.29) is 5.97 Å². The number of fused-ring (bicyclic) bond motifs is 1. The van der Waals surface area contributed by atoms with E-state index < -0.39 is 17.6 Å². The summed E-state index contributed by atoms with van der Waals surface area (Å²) in [5.41, 5.74) is 0.742. The minimum atomic E-state index is -2.53. The Morgan fingerprint density at radius 3 is 1.97 bits per heavy atom. The number of ether oxygens (including phenoxy) is 2.